The summed E-state index contributed by atoms with van der Waals surface area (Å²) in [4.78, 5) is 9.47. The molecular weight excluding hydrogens is 370 g/mol. The first-order valence-corrected chi connectivity index (χ1v) is 10.2. The SMILES string of the molecule is CCNC(=NCc1ccc(O)c(OCC)c1)N1CCN(Cc2cc(C)on2)CC1. The predicted molar refractivity (Wildman–Crippen MR) is 112 cm³/mol. The molecule has 8 heteroatoms. The summed E-state index contributed by atoms with van der Waals surface area (Å²) in [7, 11) is 0. The van der Waals surface area contributed by atoms with E-state index in [9.17, 15) is 5.11 Å². The number of ether oxygens (including phenoxy) is 1. The highest BCUT2D eigenvalue weighted by atomic mass is 16.5. The van der Waals surface area contributed by atoms with E-state index in [2.05, 4.69) is 27.2 Å². The Hall–Kier alpha value is -2.74. The molecule has 0 atom stereocenters. The van der Waals surface area contributed by atoms with Gasteiger partial charge in [-0.25, -0.2) is 4.99 Å². The van der Waals surface area contributed by atoms with Crippen LogP contribution in [-0.4, -0.2) is 65.4 Å². The van der Waals surface area contributed by atoms with Crippen LogP contribution < -0.4 is 10.1 Å². The minimum absolute atomic E-state index is 0.157. The van der Waals surface area contributed by atoms with Crippen LogP contribution in [0.1, 0.15) is 30.9 Å². The van der Waals surface area contributed by atoms with Crippen molar-refractivity contribution < 1.29 is 14.4 Å². The Labute approximate surface area is 172 Å². The minimum Gasteiger partial charge on any atom is -0.504 e. The number of hydrogen-bond acceptors (Lipinski definition) is 6. The minimum atomic E-state index is 0.157. The Morgan fingerprint density at radius 3 is 2.69 bits per heavy atom. The molecule has 8 nitrogen and oxygen atoms in total. The van der Waals surface area contributed by atoms with Crippen LogP contribution in [-0.2, 0) is 13.1 Å². The Morgan fingerprint density at radius 2 is 2.03 bits per heavy atom. The van der Waals surface area contributed by atoms with Crippen LogP contribution in [0.25, 0.3) is 0 Å². The van der Waals surface area contributed by atoms with Gasteiger partial charge in [0.15, 0.2) is 17.5 Å². The van der Waals surface area contributed by atoms with E-state index in [1.165, 1.54) is 0 Å². The van der Waals surface area contributed by atoms with Crippen molar-refractivity contribution in [1.82, 2.24) is 20.3 Å². The van der Waals surface area contributed by atoms with Crippen molar-refractivity contribution in [2.75, 3.05) is 39.3 Å². The van der Waals surface area contributed by atoms with Crippen LogP contribution in [0.3, 0.4) is 0 Å². The molecule has 0 spiro atoms. The number of aliphatic imine (C=N–C) groups is 1. The van der Waals surface area contributed by atoms with Crippen LogP contribution in [0.4, 0.5) is 0 Å². The second kappa shape index (κ2) is 10.2. The molecule has 0 radical (unpaired) electrons. The summed E-state index contributed by atoms with van der Waals surface area (Å²) in [5.41, 5.74) is 1.98. The normalized spacial score (nSPS) is 15.6. The fourth-order valence-corrected chi connectivity index (χ4v) is 3.36. The van der Waals surface area contributed by atoms with Gasteiger partial charge in [-0.3, -0.25) is 4.90 Å². The first-order valence-electron chi connectivity index (χ1n) is 10.2. The van der Waals surface area contributed by atoms with Crippen molar-refractivity contribution in [1.29, 1.82) is 0 Å². The second-order valence-corrected chi connectivity index (χ2v) is 7.10. The van der Waals surface area contributed by atoms with Gasteiger partial charge in [-0.1, -0.05) is 11.2 Å². The number of piperazine rings is 1. The molecule has 1 saturated heterocycles. The second-order valence-electron chi connectivity index (χ2n) is 7.10. The van der Waals surface area contributed by atoms with E-state index in [-0.39, 0.29) is 5.75 Å². The number of aromatic hydroxyl groups is 1. The van der Waals surface area contributed by atoms with Gasteiger partial charge in [0.05, 0.1) is 18.8 Å². The number of benzene rings is 1. The maximum absolute atomic E-state index is 9.87. The van der Waals surface area contributed by atoms with Crippen LogP contribution >= 0.6 is 0 Å². The number of aryl methyl sites for hydroxylation is 1. The van der Waals surface area contributed by atoms with E-state index < -0.39 is 0 Å². The number of phenolic OH excluding ortho intramolecular Hbond substituents is 1. The highest BCUT2D eigenvalue weighted by Gasteiger charge is 2.20. The van der Waals surface area contributed by atoms with Gasteiger partial charge in [0.25, 0.3) is 0 Å². The van der Waals surface area contributed by atoms with Gasteiger partial charge in [-0.15, -0.1) is 0 Å². The van der Waals surface area contributed by atoms with Gasteiger partial charge in [-0.05, 0) is 38.5 Å². The zero-order valence-corrected chi connectivity index (χ0v) is 17.5. The van der Waals surface area contributed by atoms with Crippen LogP contribution in [0.2, 0.25) is 0 Å². The number of guanidine groups is 1. The quantitative estimate of drug-likeness (QED) is 0.544. The van der Waals surface area contributed by atoms with Crippen molar-refractivity contribution in [2.45, 2.75) is 33.9 Å². The van der Waals surface area contributed by atoms with E-state index in [4.69, 9.17) is 14.3 Å². The molecular formula is C21H31N5O3. The summed E-state index contributed by atoms with van der Waals surface area (Å²) in [6.07, 6.45) is 0. The van der Waals surface area contributed by atoms with E-state index in [1.807, 2.05) is 32.0 Å². The summed E-state index contributed by atoms with van der Waals surface area (Å²) in [6, 6.07) is 7.38. The van der Waals surface area contributed by atoms with Gasteiger partial charge >= 0.3 is 0 Å². The first kappa shape index (κ1) is 21.0. The lowest BCUT2D eigenvalue weighted by Gasteiger charge is -2.36. The van der Waals surface area contributed by atoms with Gasteiger partial charge in [0, 0.05) is 45.3 Å². The summed E-state index contributed by atoms with van der Waals surface area (Å²) >= 11 is 0. The van der Waals surface area contributed by atoms with Crippen molar-refractivity contribution in [3.63, 3.8) is 0 Å². The summed E-state index contributed by atoms with van der Waals surface area (Å²) in [5.74, 6) is 2.42. The zero-order chi connectivity index (χ0) is 20.6. The molecule has 1 aliphatic heterocycles. The Morgan fingerprint density at radius 1 is 1.24 bits per heavy atom. The lowest BCUT2D eigenvalue weighted by atomic mass is 10.2. The lowest BCUT2D eigenvalue weighted by molar-refractivity contribution is 0.169. The molecule has 3 rings (SSSR count). The number of phenols is 1. The molecule has 0 saturated carbocycles. The molecule has 1 aliphatic rings. The summed E-state index contributed by atoms with van der Waals surface area (Å²) < 4.78 is 10.6. The third-order valence-corrected chi connectivity index (χ3v) is 4.80. The van der Waals surface area contributed by atoms with Crippen molar-refractivity contribution in [2.24, 2.45) is 4.99 Å². The van der Waals surface area contributed by atoms with Gasteiger partial charge in [0.1, 0.15) is 5.76 Å². The highest BCUT2D eigenvalue weighted by molar-refractivity contribution is 5.80. The molecule has 1 aromatic carbocycles. The monoisotopic (exact) mass is 401 g/mol. The zero-order valence-electron chi connectivity index (χ0n) is 17.5. The number of nitrogens with one attached hydrogen (secondary N) is 1. The fourth-order valence-electron chi connectivity index (χ4n) is 3.36. The Balaban J connectivity index is 1.59. The number of nitrogens with zero attached hydrogens (tertiary/aromatic N) is 4. The molecule has 1 fully saturated rings. The van der Waals surface area contributed by atoms with E-state index >= 15 is 0 Å². The molecule has 2 N–H and O–H groups in total. The Bertz CT molecular complexity index is 812. The van der Waals surface area contributed by atoms with Crippen molar-refractivity contribution in [3.05, 3.63) is 41.3 Å². The number of rotatable bonds is 7. The van der Waals surface area contributed by atoms with Crippen LogP contribution in [0.5, 0.6) is 11.5 Å². The third-order valence-electron chi connectivity index (χ3n) is 4.80. The van der Waals surface area contributed by atoms with E-state index in [1.54, 1.807) is 6.07 Å². The van der Waals surface area contributed by atoms with Gasteiger partial charge in [-0.2, -0.15) is 0 Å². The van der Waals surface area contributed by atoms with Crippen LogP contribution in [0, 0.1) is 6.92 Å². The number of aromatic nitrogens is 1. The lowest BCUT2D eigenvalue weighted by Crippen LogP contribution is -2.52. The molecule has 158 valence electrons. The topological polar surface area (TPSA) is 86.4 Å². The Kier molecular flexibility index (Phi) is 7.35. The molecule has 2 heterocycles. The molecule has 2 aromatic rings. The van der Waals surface area contributed by atoms with E-state index in [0.717, 1.165) is 62.2 Å². The van der Waals surface area contributed by atoms with Crippen LogP contribution in [0.15, 0.2) is 33.8 Å². The van der Waals surface area contributed by atoms with Crippen molar-refractivity contribution in [3.8, 4) is 11.5 Å². The molecule has 0 amide bonds. The third kappa shape index (κ3) is 5.87. The molecule has 0 bridgehead atoms. The first-order chi connectivity index (χ1) is 14.1. The maximum atomic E-state index is 9.87. The maximum Gasteiger partial charge on any atom is 0.194 e. The van der Waals surface area contributed by atoms with Gasteiger partial charge in [0.2, 0.25) is 0 Å². The number of hydrogen-bond donors (Lipinski definition) is 2. The van der Waals surface area contributed by atoms with E-state index in [0.29, 0.717) is 18.9 Å². The molecule has 0 unspecified atom stereocenters. The largest absolute Gasteiger partial charge is 0.504 e. The average molecular weight is 402 g/mol. The standard InChI is InChI=1S/C21H31N5O3/c1-4-22-21(23-14-17-6-7-19(27)20(13-17)28-5-2)26-10-8-25(9-11-26)15-18-12-16(3)29-24-18/h6-7,12-13,27H,4-5,8-11,14-15H2,1-3H3,(H,22,23). The highest BCUT2D eigenvalue weighted by Crippen LogP contribution is 2.27. The molecule has 1 aromatic heterocycles. The average Bonchev–Trinajstić information content (AvgIpc) is 3.13. The summed E-state index contributed by atoms with van der Waals surface area (Å²) in [5, 5.41) is 17.3. The van der Waals surface area contributed by atoms with Gasteiger partial charge < -0.3 is 24.6 Å². The fraction of sp³-hybridized carbons (Fsp3) is 0.524. The summed E-state index contributed by atoms with van der Waals surface area (Å²) in [6.45, 7) is 12.3. The molecule has 0 aliphatic carbocycles. The molecule has 29 heavy (non-hydrogen) atoms. The predicted octanol–water partition coefficient (Wildman–Crippen LogP) is 2.37. The van der Waals surface area contributed by atoms with Crippen molar-refractivity contribution >= 4 is 5.96 Å². The smallest absolute Gasteiger partial charge is 0.194 e.